The lowest BCUT2D eigenvalue weighted by molar-refractivity contribution is 1.66. The molecule has 0 saturated heterocycles. The van der Waals surface area contributed by atoms with Crippen LogP contribution in [0.15, 0.2) is 145 Å². The molecule has 0 fully saturated rings. The maximum Gasteiger partial charge on any atom is 0.0636 e. The van der Waals surface area contributed by atoms with E-state index in [0.717, 1.165) is 0 Å². The van der Waals surface area contributed by atoms with Gasteiger partial charge in [0.05, 0.1) is 26.0 Å². The van der Waals surface area contributed by atoms with Crippen molar-refractivity contribution in [1.82, 2.24) is 0 Å². The lowest BCUT2D eigenvalue weighted by atomic mass is 9.84. The van der Waals surface area contributed by atoms with Crippen LogP contribution >= 0.6 is 0 Å². The Kier molecular flexibility index (Phi) is 2.12. The predicted octanol–water partition coefficient (Wildman–Crippen LogP) is 11.4. The summed E-state index contributed by atoms with van der Waals surface area (Å²) in [6.45, 7) is 0. The summed E-state index contributed by atoms with van der Waals surface area (Å²) in [5.74, 6) is 0. The summed E-state index contributed by atoms with van der Waals surface area (Å²) in [5.41, 5.74) is -0.484. The van der Waals surface area contributed by atoms with Gasteiger partial charge < -0.3 is 0 Å². The molecule has 9 aromatic rings. The van der Waals surface area contributed by atoms with Crippen molar-refractivity contribution in [2.24, 2.45) is 0 Å². The van der Waals surface area contributed by atoms with Gasteiger partial charge in [-0.1, -0.05) is 139 Å². The van der Waals surface area contributed by atoms with Crippen molar-refractivity contribution in [3.63, 3.8) is 0 Å². The molecule has 0 N–H and O–H groups in total. The largest absolute Gasteiger partial charge is 0.0636 e. The monoisotopic (exact) mass is 523 g/mol. The lowest BCUT2D eigenvalue weighted by Crippen LogP contribution is -1.91. The Hall–Kier alpha value is -5.20. The summed E-state index contributed by atoms with van der Waals surface area (Å²) in [5, 5.41) is -3.96. The van der Waals surface area contributed by atoms with Gasteiger partial charge in [0.2, 0.25) is 0 Å². The quantitative estimate of drug-likeness (QED) is 0.156. The van der Waals surface area contributed by atoms with Gasteiger partial charge in [0, 0.05) is 0 Å². The molecule has 0 heteroatoms. The van der Waals surface area contributed by atoms with Crippen molar-refractivity contribution in [3.05, 3.63) is 145 Å². The average Bonchev–Trinajstić information content (AvgIpc) is 3.21. The van der Waals surface area contributed by atoms with Crippen molar-refractivity contribution < 1.29 is 26.0 Å². The Labute approximate surface area is 258 Å². The second kappa shape index (κ2) is 8.15. The molecule has 184 valence electrons. The first-order valence-electron chi connectivity index (χ1n) is 21.9. The van der Waals surface area contributed by atoms with Crippen LogP contribution in [-0.2, 0) is 0 Å². The Morgan fingerprint density at radius 2 is 0.950 bits per heavy atom. The van der Waals surface area contributed by atoms with Crippen LogP contribution in [0, 0.1) is 0 Å². The van der Waals surface area contributed by atoms with E-state index in [9.17, 15) is 12.3 Å². The van der Waals surface area contributed by atoms with E-state index in [-0.39, 0.29) is 37.9 Å². The molecule has 0 amide bonds. The minimum Gasteiger partial charge on any atom is -0.0622 e. The summed E-state index contributed by atoms with van der Waals surface area (Å²) in [7, 11) is 0. The topological polar surface area (TPSA) is 0 Å². The van der Waals surface area contributed by atoms with E-state index >= 15 is 0 Å². The summed E-state index contributed by atoms with van der Waals surface area (Å²) >= 11 is 0. The predicted molar refractivity (Wildman–Crippen MR) is 174 cm³/mol. The minimum absolute atomic E-state index is 0.0531. The SMILES string of the molecule is [2H]c1c([2H])c([2H])c2c(-c3c([2H])c([2H])c4c([2H])c([2H])c5c(-c6ccccc6)c([2H])c([2H])c6c([2H])c([2H])c3c4c65)c3c(c([2H])c([2H])c4c([2H])c([2H])c([2H])c([2H])c43)c([2H])c2c1[2H]. The van der Waals surface area contributed by atoms with E-state index in [0.29, 0.717) is 5.56 Å². The van der Waals surface area contributed by atoms with Gasteiger partial charge in [0.25, 0.3) is 0 Å². The Morgan fingerprint density at radius 1 is 0.375 bits per heavy atom. The van der Waals surface area contributed by atoms with Gasteiger partial charge in [-0.05, 0) is 92.9 Å². The molecule has 0 saturated carbocycles. The van der Waals surface area contributed by atoms with Crippen molar-refractivity contribution in [2.75, 3.05) is 0 Å². The fraction of sp³-hybridized carbons (Fsp3) is 0. The van der Waals surface area contributed by atoms with E-state index in [1.54, 1.807) is 30.3 Å². The highest BCUT2D eigenvalue weighted by Crippen LogP contribution is 2.46. The first kappa shape index (κ1) is 10.4. The van der Waals surface area contributed by atoms with Gasteiger partial charge in [-0.2, -0.15) is 0 Å². The molecule has 0 unspecified atom stereocenters. The van der Waals surface area contributed by atoms with E-state index < -0.39 is 158 Å². The fourth-order valence-corrected chi connectivity index (χ4v) is 5.54. The molecule has 0 atom stereocenters. The second-order valence-corrected chi connectivity index (χ2v) is 9.37. The van der Waals surface area contributed by atoms with Gasteiger partial charge in [-0.15, -0.1) is 0 Å². The number of rotatable bonds is 2. The molecule has 0 aliphatic rings. The molecule has 40 heavy (non-hydrogen) atoms. The third-order valence-corrected chi connectivity index (χ3v) is 7.25. The molecule has 9 aromatic carbocycles. The van der Waals surface area contributed by atoms with Crippen molar-refractivity contribution in [1.29, 1.82) is 0 Å². The third kappa shape index (κ3) is 2.96. The van der Waals surface area contributed by atoms with Crippen molar-refractivity contribution in [2.45, 2.75) is 0 Å². The van der Waals surface area contributed by atoms with Crippen LogP contribution in [0.25, 0.3) is 86.9 Å². The smallest absolute Gasteiger partial charge is 0.0622 e. The first-order chi connectivity index (χ1) is 27.8. The lowest BCUT2D eigenvalue weighted by Gasteiger charge is -2.19. The Balaban J connectivity index is 1.72. The second-order valence-electron chi connectivity index (χ2n) is 9.37. The molecule has 9 rings (SSSR count). The zero-order valence-electron chi connectivity index (χ0n) is 39.4. The summed E-state index contributed by atoms with van der Waals surface area (Å²) in [6.07, 6.45) is 0. The average molecular weight is 524 g/mol. The fourth-order valence-electron chi connectivity index (χ4n) is 5.54. The molecule has 0 bridgehead atoms. The van der Waals surface area contributed by atoms with E-state index in [1.165, 1.54) is 0 Å². The molecular weight excluding hydrogens is 480 g/mol. The Bertz CT molecular complexity index is 3470. The van der Waals surface area contributed by atoms with E-state index in [2.05, 4.69) is 0 Å². The van der Waals surface area contributed by atoms with Crippen LogP contribution in [0.1, 0.15) is 26.0 Å². The summed E-state index contributed by atoms with van der Waals surface area (Å²) in [6, 6.07) is -4.75. The van der Waals surface area contributed by atoms with Crippen LogP contribution in [0.5, 0.6) is 0 Å². The Morgan fingerprint density at radius 3 is 1.73 bits per heavy atom. The molecule has 0 aliphatic heterocycles. The highest BCUT2D eigenvalue weighted by Gasteiger charge is 2.18. The van der Waals surface area contributed by atoms with E-state index in [1.807, 2.05) is 0 Å². The molecule has 0 aliphatic carbocycles. The van der Waals surface area contributed by atoms with Gasteiger partial charge in [-0.3, -0.25) is 0 Å². The van der Waals surface area contributed by atoms with Crippen LogP contribution in [-0.4, -0.2) is 0 Å². The number of hydrogen-bond acceptors (Lipinski definition) is 0. The zero-order valence-corrected chi connectivity index (χ0v) is 20.4. The molecular formula is C40H24. The third-order valence-electron chi connectivity index (χ3n) is 7.25. The molecule has 0 aromatic heterocycles. The van der Waals surface area contributed by atoms with Crippen LogP contribution in [0.2, 0.25) is 0 Å². The maximum atomic E-state index is 9.62. The molecule has 0 nitrogen and oxygen atoms in total. The standard InChI is InChI=1S/C40H24/c1-2-8-25(9-3-1)31-20-16-27-18-22-35-36(23-19-28-17-21-34(31)37(27)38(28)35)40-33-13-7-5-11-29(33)24-30-15-14-26-10-4-6-12-32(26)39(30)40/h1-24H/i4D,5D,6D,7D,10D,11D,12D,13D,14D,15D,16D,17D,18D,19D,20D,21D,22D,23D,24D. The van der Waals surface area contributed by atoms with Gasteiger partial charge >= 0.3 is 0 Å². The highest BCUT2D eigenvalue weighted by atomic mass is 14.2. The molecule has 0 heterocycles. The van der Waals surface area contributed by atoms with Crippen molar-refractivity contribution in [3.8, 4) is 22.3 Å². The normalized spacial score (nSPS) is 18.6. The molecule has 0 radical (unpaired) electrons. The first-order valence-corrected chi connectivity index (χ1v) is 12.4. The van der Waals surface area contributed by atoms with E-state index in [4.69, 9.17) is 13.7 Å². The van der Waals surface area contributed by atoms with Crippen LogP contribution < -0.4 is 0 Å². The number of fused-ring (bicyclic) bond motifs is 4. The zero-order chi connectivity index (χ0) is 42.7. The van der Waals surface area contributed by atoms with Crippen LogP contribution in [0.4, 0.5) is 0 Å². The summed E-state index contributed by atoms with van der Waals surface area (Å²) < 4.78 is 173. The van der Waals surface area contributed by atoms with Gasteiger partial charge in [0.15, 0.2) is 0 Å². The van der Waals surface area contributed by atoms with Gasteiger partial charge in [0.1, 0.15) is 0 Å². The minimum atomic E-state index is -0.804. The van der Waals surface area contributed by atoms with Gasteiger partial charge in [-0.25, -0.2) is 0 Å². The number of benzene rings is 9. The highest BCUT2D eigenvalue weighted by molar-refractivity contribution is 6.30. The summed E-state index contributed by atoms with van der Waals surface area (Å²) in [4.78, 5) is 0. The maximum absolute atomic E-state index is 9.62. The number of hydrogen-bond donors (Lipinski definition) is 0. The van der Waals surface area contributed by atoms with Crippen molar-refractivity contribution >= 4 is 64.6 Å². The van der Waals surface area contributed by atoms with Crippen LogP contribution in [0.3, 0.4) is 0 Å². The molecule has 0 spiro atoms.